The van der Waals surface area contributed by atoms with Gasteiger partial charge in [-0.2, -0.15) is 0 Å². The van der Waals surface area contributed by atoms with E-state index in [-0.39, 0.29) is 16.4 Å². The largest absolute Gasteiger partial charge is 0.334 e. The van der Waals surface area contributed by atoms with Gasteiger partial charge in [0.2, 0.25) is 0 Å². The quantitative estimate of drug-likeness (QED) is 0.227. The van der Waals surface area contributed by atoms with E-state index in [0.29, 0.717) is 0 Å². The number of fused-ring (bicyclic) bond motifs is 5. The summed E-state index contributed by atoms with van der Waals surface area (Å²) >= 11 is 0. The van der Waals surface area contributed by atoms with Crippen LogP contribution >= 0.6 is 0 Å². The summed E-state index contributed by atoms with van der Waals surface area (Å²) in [4.78, 5) is 2.69. The third-order valence-corrected chi connectivity index (χ3v) is 10.2. The zero-order valence-corrected chi connectivity index (χ0v) is 22.4. The topological polar surface area (TPSA) is 3.24 Å². The highest BCUT2D eigenvalue weighted by Crippen LogP contribution is 2.66. The molecule has 0 amide bonds. The zero-order valence-electron chi connectivity index (χ0n) is 22.4. The second kappa shape index (κ2) is 7.71. The van der Waals surface area contributed by atoms with Crippen molar-refractivity contribution in [2.24, 2.45) is 5.41 Å². The fraction of sp³-hybridized carbons (Fsp3) is 0.278. The minimum atomic E-state index is -0.0264. The van der Waals surface area contributed by atoms with Gasteiger partial charge in [0.05, 0.1) is 5.54 Å². The maximum atomic E-state index is 2.69. The van der Waals surface area contributed by atoms with Crippen LogP contribution < -0.4 is 4.90 Å². The van der Waals surface area contributed by atoms with Gasteiger partial charge < -0.3 is 4.90 Å². The first kappa shape index (κ1) is 22.6. The Morgan fingerprint density at radius 1 is 0.622 bits per heavy atom. The average molecular weight is 482 g/mol. The molecule has 0 N–H and O–H groups in total. The molecule has 7 rings (SSSR count). The van der Waals surface area contributed by atoms with E-state index in [1.54, 1.807) is 0 Å². The Balaban J connectivity index is 1.54. The first-order chi connectivity index (χ1) is 17.9. The normalized spacial score (nSPS) is 24.3. The monoisotopic (exact) mass is 481 g/mol. The fourth-order valence-electron chi connectivity index (χ4n) is 7.93. The van der Waals surface area contributed by atoms with Crippen molar-refractivity contribution in [2.45, 2.75) is 57.9 Å². The van der Waals surface area contributed by atoms with Crippen molar-refractivity contribution < 1.29 is 0 Å². The van der Waals surface area contributed by atoms with Crippen LogP contribution in [0.5, 0.6) is 0 Å². The number of hydrogen-bond donors (Lipinski definition) is 0. The summed E-state index contributed by atoms with van der Waals surface area (Å²) < 4.78 is 0. The fourth-order valence-corrected chi connectivity index (χ4v) is 7.93. The van der Waals surface area contributed by atoms with Crippen molar-refractivity contribution >= 4 is 32.9 Å². The number of benzene rings is 5. The molecule has 2 atom stereocenters. The molecule has 1 saturated carbocycles. The summed E-state index contributed by atoms with van der Waals surface area (Å²) in [7, 11) is 0. The summed E-state index contributed by atoms with van der Waals surface area (Å²) in [6.07, 6.45) is 3.73. The van der Waals surface area contributed by atoms with Crippen LogP contribution in [0.3, 0.4) is 0 Å². The van der Waals surface area contributed by atoms with E-state index in [1.807, 2.05) is 0 Å². The molecular formula is C36H35N. The Labute approximate surface area is 220 Å². The van der Waals surface area contributed by atoms with E-state index in [1.165, 1.54) is 68.9 Å². The molecule has 1 aliphatic carbocycles. The smallest absolute Gasteiger partial charge is 0.0568 e. The third-order valence-electron chi connectivity index (χ3n) is 10.2. The van der Waals surface area contributed by atoms with Crippen LogP contribution in [-0.2, 0) is 5.41 Å². The molecule has 1 nitrogen and oxygen atoms in total. The molecule has 2 unspecified atom stereocenters. The second-order valence-corrected chi connectivity index (χ2v) is 12.2. The zero-order chi connectivity index (χ0) is 25.4. The van der Waals surface area contributed by atoms with E-state index in [9.17, 15) is 0 Å². The number of rotatable bonds is 2. The SMILES string of the molecule is CC1(C)CCCC2(C)c3cc(-c4c5ccccc5cc5ccccc45)ccc3N(c3ccccc3)C12C. The number of para-hydroxylation sites is 1. The molecular weight excluding hydrogens is 446 g/mol. The van der Waals surface area contributed by atoms with Crippen LogP contribution in [0.15, 0.2) is 103 Å². The third kappa shape index (κ3) is 2.92. The number of anilines is 2. The molecule has 1 heterocycles. The molecule has 1 aliphatic heterocycles. The number of hydrogen-bond acceptors (Lipinski definition) is 1. The Hall–Kier alpha value is -3.58. The molecule has 0 bridgehead atoms. The van der Waals surface area contributed by atoms with Crippen LogP contribution in [0, 0.1) is 5.41 Å². The van der Waals surface area contributed by atoms with Gasteiger partial charge in [-0.15, -0.1) is 0 Å². The van der Waals surface area contributed by atoms with Gasteiger partial charge in [0, 0.05) is 16.8 Å². The maximum Gasteiger partial charge on any atom is 0.0568 e. The van der Waals surface area contributed by atoms with Crippen LogP contribution in [0.1, 0.15) is 52.5 Å². The standard InChI is InChI=1S/C36H35N/c1-34(2)21-12-22-35(3)31-24-27(19-20-32(31)37(36(34,35)4)28-15-6-5-7-16-28)33-29-17-10-8-13-25(29)23-26-14-9-11-18-30(26)33/h5-11,13-20,23-24H,12,21-22H2,1-4H3. The van der Waals surface area contributed by atoms with E-state index in [0.717, 1.165) is 0 Å². The lowest BCUT2D eigenvalue weighted by Gasteiger charge is -2.59. The van der Waals surface area contributed by atoms with Gasteiger partial charge in [0.25, 0.3) is 0 Å². The minimum absolute atomic E-state index is 0.0264. The molecule has 1 fully saturated rings. The predicted molar refractivity (Wildman–Crippen MR) is 159 cm³/mol. The van der Waals surface area contributed by atoms with Gasteiger partial charge in [0.1, 0.15) is 0 Å². The van der Waals surface area contributed by atoms with Gasteiger partial charge in [-0.1, -0.05) is 100.0 Å². The average Bonchev–Trinajstić information content (AvgIpc) is 3.12. The summed E-state index contributed by atoms with van der Waals surface area (Å²) in [5, 5.41) is 5.27. The van der Waals surface area contributed by atoms with Crippen LogP contribution in [-0.4, -0.2) is 5.54 Å². The molecule has 5 aromatic rings. The van der Waals surface area contributed by atoms with E-state index < -0.39 is 0 Å². The molecule has 1 heteroatoms. The molecule has 2 aliphatic rings. The summed E-state index contributed by atoms with van der Waals surface area (Å²) in [5.74, 6) is 0. The Bertz CT molecular complexity index is 1610. The van der Waals surface area contributed by atoms with Gasteiger partial charge in [-0.05, 0) is 93.7 Å². The van der Waals surface area contributed by atoms with Crippen molar-refractivity contribution in [1.82, 2.24) is 0 Å². The van der Waals surface area contributed by atoms with E-state index in [2.05, 4.69) is 136 Å². The Morgan fingerprint density at radius 2 is 1.24 bits per heavy atom. The summed E-state index contributed by atoms with van der Waals surface area (Å²) in [5.41, 5.74) is 7.05. The van der Waals surface area contributed by atoms with Crippen molar-refractivity contribution in [1.29, 1.82) is 0 Å². The molecule has 0 radical (unpaired) electrons. The van der Waals surface area contributed by atoms with Crippen molar-refractivity contribution in [3.63, 3.8) is 0 Å². The van der Waals surface area contributed by atoms with Gasteiger partial charge in [-0.3, -0.25) is 0 Å². The molecule has 0 saturated heterocycles. The van der Waals surface area contributed by atoms with E-state index >= 15 is 0 Å². The molecule has 0 aromatic heterocycles. The van der Waals surface area contributed by atoms with Crippen LogP contribution in [0.2, 0.25) is 0 Å². The predicted octanol–water partition coefficient (Wildman–Crippen LogP) is 10.0. The lowest BCUT2D eigenvalue weighted by Crippen LogP contribution is -2.64. The Kier molecular flexibility index (Phi) is 4.71. The molecule has 184 valence electrons. The van der Waals surface area contributed by atoms with Crippen molar-refractivity contribution in [3.8, 4) is 11.1 Å². The van der Waals surface area contributed by atoms with Gasteiger partial charge in [-0.25, -0.2) is 0 Å². The van der Waals surface area contributed by atoms with Gasteiger partial charge >= 0.3 is 0 Å². The maximum absolute atomic E-state index is 2.69. The van der Waals surface area contributed by atoms with Crippen LogP contribution in [0.4, 0.5) is 11.4 Å². The highest BCUT2D eigenvalue weighted by molar-refractivity contribution is 6.12. The van der Waals surface area contributed by atoms with Gasteiger partial charge in [0.15, 0.2) is 0 Å². The number of nitrogens with zero attached hydrogens (tertiary/aromatic N) is 1. The second-order valence-electron chi connectivity index (χ2n) is 12.2. The van der Waals surface area contributed by atoms with Crippen molar-refractivity contribution in [2.75, 3.05) is 4.90 Å². The lowest BCUT2D eigenvalue weighted by atomic mass is 9.51. The molecule has 0 spiro atoms. The van der Waals surface area contributed by atoms with E-state index in [4.69, 9.17) is 0 Å². The lowest BCUT2D eigenvalue weighted by molar-refractivity contribution is 0.0484. The van der Waals surface area contributed by atoms with Crippen molar-refractivity contribution in [3.05, 3.63) is 109 Å². The highest BCUT2D eigenvalue weighted by Gasteiger charge is 2.64. The minimum Gasteiger partial charge on any atom is -0.334 e. The first-order valence-corrected chi connectivity index (χ1v) is 13.8. The summed E-state index contributed by atoms with van der Waals surface area (Å²) in [6.45, 7) is 10.1. The summed E-state index contributed by atoms with van der Waals surface area (Å²) in [6, 6.07) is 38.5. The molecule has 37 heavy (non-hydrogen) atoms. The Morgan fingerprint density at radius 3 is 1.92 bits per heavy atom. The van der Waals surface area contributed by atoms with Crippen LogP contribution in [0.25, 0.3) is 32.7 Å². The highest BCUT2D eigenvalue weighted by atomic mass is 15.3. The first-order valence-electron chi connectivity index (χ1n) is 13.8. The molecule has 5 aromatic carbocycles.